The van der Waals surface area contributed by atoms with Gasteiger partial charge < -0.3 is 9.47 Å². The van der Waals surface area contributed by atoms with Crippen molar-refractivity contribution in [3.05, 3.63) is 53.2 Å². The summed E-state index contributed by atoms with van der Waals surface area (Å²) in [5, 5.41) is 9.43. The summed E-state index contributed by atoms with van der Waals surface area (Å²) in [5.74, 6) is 2.04. The van der Waals surface area contributed by atoms with Gasteiger partial charge in [-0.2, -0.15) is 0 Å². The third-order valence-corrected chi connectivity index (χ3v) is 5.96. The molecule has 154 valence electrons. The van der Waals surface area contributed by atoms with E-state index in [2.05, 4.69) is 15.2 Å². The van der Waals surface area contributed by atoms with Crippen LogP contribution in [0.3, 0.4) is 0 Å². The van der Waals surface area contributed by atoms with Gasteiger partial charge in [0.05, 0.1) is 28.4 Å². The summed E-state index contributed by atoms with van der Waals surface area (Å²) in [6.45, 7) is 4.31. The van der Waals surface area contributed by atoms with E-state index in [4.69, 9.17) is 21.1 Å². The fourth-order valence-electron chi connectivity index (χ4n) is 4.04. The normalized spacial score (nSPS) is 16.9. The lowest BCUT2D eigenvalue weighted by molar-refractivity contribution is 0.0462. The molecule has 1 atom stereocenters. The summed E-state index contributed by atoms with van der Waals surface area (Å²) in [7, 11) is 0. The predicted octanol–water partition coefficient (Wildman–Crippen LogP) is 5.10. The molecular formula is C23H23ClN4O2. The van der Waals surface area contributed by atoms with Crippen molar-refractivity contribution in [2.45, 2.75) is 26.2 Å². The minimum Gasteiger partial charge on any atom is -0.494 e. The summed E-state index contributed by atoms with van der Waals surface area (Å²) in [6, 6.07) is 13.7. The molecule has 1 saturated heterocycles. The molecule has 3 heterocycles. The standard InChI is InChI=1S/C23H23ClN4O2/c1-15-22-26-27-23(28(22)21-7-3-2-6-20(21)25-15)18-13-17(8-9-19(18)24)30-12-10-16-5-4-11-29-14-16/h2-3,6-9,13,16H,4-5,10-12,14H2,1H3. The second kappa shape index (κ2) is 8.20. The van der Waals surface area contributed by atoms with Gasteiger partial charge in [0.2, 0.25) is 0 Å². The first kappa shape index (κ1) is 19.3. The van der Waals surface area contributed by atoms with Gasteiger partial charge in [-0.05, 0) is 62.4 Å². The molecular weight excluding hydrogens is 400 g/mol. The molecule has 2 aromatic carbocycles. The van der Waals surface area contributed by atoms with E-state index >= 15 is 0 Å². The first-order chi connectivity index (χ1) is 14.7. The van der Waals surface area contributed by atoms with Crippen LogP contribution in [0.1, 0.15) is 25.0 Å². The molecule has 1 unspecified atom stereocenters. The van der Waals surface area contributed by atoms with Crippen LogP contribution in [-0.4, -0.2) is 39.4 Å². The zero-order chi connectivity index (χ0) is 20.5. The average Bonchev–Trinajstić information content (AvgIpc) is 3.22. The smallest absolute Gasteiger partial charge is 0.183 e. The third-order valence-electron chi connectivity index (χ3n) is 5.63. The van der Waals surface area contributed by atoms with Crippen LogP contribution in [0.2, 0.25) is 5.02 Å². The highest BCUT2D eigenvalue weighted by Gasteiger charge is 2.18. The van der Waals surface area contributed by atoms with Crippen molar-refractivity contribution in [3.8, 4) is 17.1 Å². The Morgan fingerprint density at radius 2 is 2.10 bits per heavy atom. The molecule has 4 aromatic rings. The summed E-state index contributed by atoms with van der Waals surface area (Å²) < 4.78 is 13.6. The SMILES string of the molecule is Cc1nc2ccccc2n2c(-c3cc(OCCC4CCCOC4)ccc3Cl)nnc12. The van der Waals surface area contributed by atoms with Crippen LogP contribution in [0.5, 0.6) is 5.75 Å². The predicted molar refractivity (Wildman–Crippen MR) is 117 cm³/mol. The van der Waals surface area contributed by atoms with Crippen LogP contribution in [0.4, 0.5) is 0 Å². The Labute approximate surface area is 179 Å². The van der Waals surface area contributed by atoms with Crippen LogP contribution >= 0.6 is 11.6 Å². The zero-order valence-corrected chi connectivity index (χ0v) is 17.6. The quantitative estimate of drug-likeness (QED) is 0.447. The molecule has 6 nitrogen and oxygen atoms in total. The number of aryl methyl sites for hydroxylation is 1. The number of rotatable bonds is 5. The molecule has 0 bridgehead atoms. The monoisotopic (exact) mass is 422 g/mol. The molecule has 5 rings (SSSR count). The number of benzene rings is 2. The molecule has 0 N–H and O–H groups in total. The lowest BCUT2D eigenvalue weighted by Gasteiger charge is -2.21. The minimum absolute atomic E-state index is 0.577. The van der Waals surface area contributed by atoms with Crippen molar-refractivity contribution in [1.29, 1.82) is 0 Å². The van der Waals surface area contributed by atoms with Gasteiger partial charge in [0.15, 0.2) is 11.5 Å². The van der Waals surface area contributed by atoms with E-state index in [0.29, 0.717) is 23.4 Å². The molecule has 1 fully saturated rings. The lowest BCUT2D eigenvalue weighted by atomic mass is 9.99. The van der Waals surface area contributed by atoms with Crippen LogP contribution in [0, 0.1) is 12.8 Å². The first-order valence-corrected chi connectivity index (χ1v) is 10.7. The van der Waals surface area contributed by atoms with Crippen molar-refractivity contribution in [2.24, 2.45) is 5.92 Å². The third kappa shape index (κ3) is 3.61. The second-order valence-corrected chi connectivity index (χ2v) is 8.14. The van der Waals surface area contributed by atoms with E-state index in [0.717, 1.165) is 59.7 Å². The Morgan fingerprint density at radius 3 is 2.97 bits per heavy atom. The number of aromatic nitrogens is 4. The summed E-state index contributed by atoms with van der Waals surface area (Å²) in [5.41, 5.74) is 4.17. The van der Waals surface area contributed by atoms with Crippen molar-refractivity contribution in [2.75, 3.05) is 19.8 Å². The van der Waals surface area contributed by atoms with Gasteiger partial charge in [-0.1, -0.05) is 23.7 Å². The first-order valence-electron chi connectivity index (χ1n) is 10.3. The molecule has 7 heteroatoms. The van der Waals surface area contributed by atoms with E-state index in [1.807, 2.05) is 53.8 Å². The highest BCUT2D eigenvalue weighted by molar-refractivity contribution is 6.33. The fraction of sp³-hybridized carbons (Fsp3) is 0.348. The molecule has 2 aromatic heterocycles. The number of para-hydroxylation sites is 2. The average molecular weight is 423 g/mol. The van der Waals surface area contributed by atoms with Gasteiger partial charge >= 0.3 is 0 Å². The van der Waals surface area contributed by atoms with Crippen molar-refractivity contribution in [3.63, 3.8) is 0 Å². The van der Waals surface area contributed by atoms with Crippen LogP contribution in [0.15, 0.2) is 42.5 Å². The Hall–Kier alpha value is -2.70. The van der Waals surface area contributed by atoms with E-state index in [1.165, 1.54) is 6.42 Å². The topological polar surface area (TPSA) is 61.5 Å². The van der Waals surface area contributed by atoms with E-state index < -0.39 is 0 Å². The molecule has 0 radical (unpaired) electrons. The highest BCUT2D eigenvalue weighted by atomic mass is 35.5. The van der Waals surface area contributed by atoms with Crippen molar-refractivity contribution < 1.29 is 9.47 Å². The number of fused-ring (bicyclic) bond motifs is 3. The van der Waals surface area contributed by atoms with Gasteiger partial charge in [-0.15, -0.1) is 10.2 Å². The van der Waals surface area contributed by atoms with Gasteiger partial charge in [0.1, 0.15) is 5.75 Å². The van der Waals surface area contributed by atoms with Crippen molar-refractivity contribution in [1.82, 2.24) is 19.6 Å². The molecule has 1 aliphatic rings. The van der Waals surface area contributed by atoms with Gasteiger partial charge in [-0.25, -0.2) is 4.98 Å². The van der Waals surface area contributed by atoms with E-state index in [9.17, 15) is 0 Å². The molecule has 0 spiro atoms. The molecule has 0 amide bonds. The van der Waals surface area contributed by atoms with Gasteiger partial charge in [0, 0.05) is 18.8 Å². The Bertz CT molecular complexity index is 1200. The number of hydrogen-bond donors (Lipinski definition) is 0. The Kier molecular flexibility index (Phi) is 5.27. The maximum Gasteiger partial charge on any atom is 0.183 e. The fourth-order valence-corrected chi connectivity index (χ4v) is 4.25. The summed E-state index contributed by atoms with van der Waals surface area (Å²) >= 11 is 6.57. The molecule has 30 heavy (non-hydrogen) atoms. The highest BCUT2D eigenvalue weighted by Crippen LogP contribution is 2.32. The Morgan fingerprint density at radius 1 is 1.20 bits per heavy atom. The zero-order valence-electron chi connectivity index (χ0n) is 16.8. The summed E-state index contributed by atoms with van der Waals surface area (Å²) in [6.07, 6.45) is 3.33. The molecule has 0 saturated carbocycles. The molecule has 1 aliphatic heterocycles. The van der Waals surface area contributed by atoms with Crippen LogP contribution in [-0.2, 0) is 4.74 Å². The van der Waals surface area contributed by atoms with Crippen LogP contribution in [0.25, 0.3) is 28.1 Å². The Balaban J connectivity index is 1.48. The number of ether oxygens (including phenoxy) is 2. The maximum absolute atomic E-state index is 6.57. The molecule has 0 aliphatic carbocycles. The number of halogens is 1. The maximum atomic E-state index is 6.57. The number of nitrogens with zero attached hydrogens (tertiary/aromatic N) is 4. The van der Waals surface area contributed by atoms with E-state index in [-0.39, 0.29) is 0 Å². The second-order valence-electron chi connectivity index (χ2n) is 7.73. The summed E-state index contributed by atoms with van der Waals surface area (Å²) in [4.78, 5) is 4.64. The lowest BCUT2D eigenvalue weighted by Crippen LogP contribution is -2.19. The minimum atomic E-state index is 0.577. The van der Waals surface area contributed by atoms with Gasteiger partial charge in [0.25, 0.3) is 0 Å². The number of hydrogen-bond acceptors (Lipinski definition) is 5. The van der Waals surface area contributed by atoms with E-state index in [1.54, 1.807) is 0 Å². The largest absolute Gasteiger partial charge is 0.494 e. The van der Waals surface area contributed by atoms with Crippen LogP contribution < -0.4 is 4.74 Å². The van der Waals surface area contributed by atoms with Crippen molar-refractivity contribution >= 4 is 28.3 Å². The van der Waals surface area contributed by atoms with Gasteiger partial charge in [-0.3, -0.25) is 4.40 Å².